The molecule has 0 aliphatic rings. The highest BCUT2D eigenvalue weighted by molar-refractivity contribution is 5.69. The van der Waals surface area contributed by atoms with E-state index in [1.54, 1.807) is 7.11 Å². The summed E-state index contributed by atoms with van der Waals surface area (Å²) in [5.41, 5.74) is 0. The quantitative estimate of drug-likeness (QED) is 0.0779. The van der Waals surface area contributed by atoms with Crippen LogP contribution in [0.2, 0.25) is 0 Å². The molecule has 0 bridgehead atoms. The van der Waals surface area contributed by atoms with Crippen LogP contribution >= 0.6 is 0 Å². The molecule has 0 rings (SSSR count). The smallest absolute Gasteiger partial charge is 0.305 e. The molecule has 13 heteroatoms. The second-order valence-corrected chi connectivity index (χ2v) is 8.09. The van der Waals surface area contributed by atoms with Gasteiger partial charge in [0.05, 0.1) is 139 Å². The van der Waals surface area contributed by atoms with Gasteiger partial charge in [-0.15, -0.1) is 0 Å². The van der Waals surface area contributed by atoms with Crippen molar-refractivity contribution in [1.29, 1.82) is 0 Å². The molecule has 0 heterocycles. The van der Waals surface area contributed by atoms with Crippen molar-refractivity contribution in [3.8, 4) is 0 Å². The number of hydrogen-bond acceptors (Lipinski definition) is 13. The molecule has 0 amide bonds. The Morgan fingerprint density at radius 2 is 0.600 bits per heavy atom. The minimum Gasteiger partial charge on any atom is -0.463 e. The molecule has 13 nitrogen and oxygen atoms in total. The average Bonchev–Trinajstić information content (AvgIpc) is 2.95. The third-order valence-electron chi connectivity index (χ3n) is 4.72. The Hall–Kier alpha value is -0.970. The second kappa shape index (κ2) is 36.1. The number of carbonyl (C=O) groups is 1. The third kappa shape index (κ3) is 35.1. The van der Waals surface area contributed by atoms with Crippen molar-refractivity contribution < 1.29 is 61.6 Å². The number of ether oxygens (including phenoxy) is 12. The van der Waals surface area contributed by atoms with Crippen LogP contribution in [-0.2, 0) is 61.6 Å². The molecule has 0 spiro atoms. The molecule has 0 aromatic carbocycles. The van der Waals surface area contributed by atoms with Crippen molar-refractivity contribution in [3.63, 3.8) is 0 Å². The van der Waals surface area contributed by atoms with Crippen molar-refractivity contribution in [2.75, 3.05) is 152 Å². The van der Waals surface area contributed by atoms with E-state index in [0.29, 0.717) is 145 Å². The van der Waals surface area contributed by atoms with E-state index in [2.05, 4.69) is 0 Å². The number of esters is 1. The number of carbonyl (C=O) groups excluding carboxylic acids is 1. The minimum atomic E-state index is -0.187. The van der Waals surface area contributed by atoms with Gasteiger partial charge in [0.25, 0.3) is 0 Å². The van der Waals surface area contributed by atoms with Gasteiger partial charge in [-0.3, -0.25) is 4.79 Å². The summed E-state index contributed by atoms with van der Waals surface area (Å²) in [6.45, 7) is 12.9. The van der Waals surface area contributed by atoms with E-state index in [9.17, 15) is 4.79 Å². The molecule has 0 atom stereocenters. The van der Waals surface area contributed by atoms with Crippen LogP contribution in [0.3, 0.4) is 0 Å². The Labute approximate surface area is 240 Å². The molecule has 0 N–H and O–H groups in total. The van der Waals surface area contributed by atoms with E-state index in [4.69, 9.17) is 56.8 Å². The molecule has 0 aromatic heterocycles. The zero-order chi connectivity index (χ0) is 29.0. The van der Waals surface area contributed by atoms with Gasteiger partial charge >= 0.3 is 5.97 Å². The standard InChI is InChI=1S/C27H54O13/c1-3-4-27(28)40-26-25-39-24-23-38-22-21-37-20-19-36-18-17-35-16-15-34-14-13-33-12-11-32-10-9-31-8-7-30-6-5-29-2/h3-26H2,1-2H3. The average molecular weight is 587 g/mol. The van der Waals surface area contributed by atoms with Crippen LogP contribution in [0.5, 0.6) is 0 Å². The van der Waals surface area contributed by atoms with Crippen LogP contribution in [0.1, 0.15) is 19.8 Å². The first kappa shape index (κ1) is 39.0. The minimum absolute atomic E-state index is 0.187. The maximum atomic E-state index is 11.2. The lowest BCUT2D eigenvalue weighted by Crippen LogP contribution is -2.15. The van der Waals surface area contributed by atoms with E-state index in [1.165, 1.54) is 0 Å². The van der Waals surface area contributed by atoms with Crippen LogP contribution < -0.4 is 0 Å². The maximum absolute atomic E-state index is 11.2. The Bertz CT molecular complexity index is 485. The lowest BCUT2D eigenvalue weighted by atomic mass is 10.3. The summed E-state index contributed by atoms with van der Waals surface area (Å²) in [6.07, 6.45) is 1.23. The van der Waals surface area contributed by atoms with E-state index in [0.717, 1.165) is 6.42 Å². The zero-order valence-electron chi connectivity index (χ0n) is 24.8. The molecule has 0 saturated heterocycles. The van der Waals surface area contributed by atoms with E-state index in [-0.39, 0.29) is 12.6 Å². The highest BCUT2D eigenvalue weighted by atomic mass is 16.6. The predicted octanol–water partition coefficient (Wildman–Crippen LogP) is 1.14. The Balaban J connectivity index is 3.04. The third-order valence-corrected chi connectivity index (χ3v) is 4.72. The first-order chi connectivity index (χ1) is 19.8. The Morgan fingerprint density at radius 1 is 0.375 bits per heavy atom. The highest BCUT2D eigenvalue weighted by Crippen LogP contribution is 1.91. The van der Waals surface area contributed by atoms with Gasteiger partial charge in [-0.25, -0.2) is 0 Å². The summed E-state index contributed by atoms with van der Waals surface area (Å²) in [5.74, 6) is -0.187. The van der Waals surface area contributed by atoms with Crippen molar-refractivity contribution in [1.82, 2.24) is 0 Å². The maximum Gasteiger partial charge on any atom is 0.305 e. The highest BCUT2D eigenvalue weighted by Gasteiger charge is 2.00. The van der Waals surface area contributed by atoms with Crippen LogP contribution in [0, 0.1) is 0 Å². The molecule has 0 fully saturated rings. The molecule has 0 radical (unpaired) electrons. The van der Waals surface area contributed by atoms with Gasteiger partial charge in [0, 0.05) is 13.5 Å². The van der Waals surface area contributed by atoms with Crippen LogP contribution in [0.4, 0.5) is 0 Å². The van der Waals surface area contributed by atoms with Crippen molar-refractivity contribution in [2.45, 2.75) is 19.8 Å². The van der Waals surface area contributed by atoms with Gasteiger partial charge in [0.15, 0.2) is 0 Å². The predicted molar refractivity (Wildman–Crippen MR) is 146 cm³/mol. The molecule has 0 aromatic rings. The molecular formula is C27H54O13. The van der Waals surface area contributed by atoms with Crippen LogP contribution in [-0.4, -0.2) is 158 Å². The normalized spacial score (nSPS) is 11.3. The van der Waals surface area contributed by atoms with Gasteiger partial charge in [-0.05, 0) is 6.42 Å². The van der Waals surface area contributed by atoms with Gasteiger partial charge in [-0.1, -0.05) is 6.92 Å². The monoisotopic (exact) mass is 586 g/mol. The molecule has 0 aliphatic heterocycles. The van der Waals surface area contributed by atoms with Crippen LogP contribution in [0.25, 0.3) is 0 Å². The Morgan fingerprint density at radius 3 is 0.825 bits per heavy atom. The molecule has 240 valence electrons. The van der Waals surface area contributed by atoms with Gasteiger partial charge < -0.3 is 56.8 Å². The van der Waals surface area contributed by atoms with Crippen molar-refractivity contribution in [2.24, 2.45) is 0 Å². The molecule has 40 heavy (non-hydrogen) atoms. The fourth-order valence-electron chi connectivity index (χ4n) is 2.71. The van der Waals surface area contributed by atoms with Gasteiger partial charge in [0.1, 0.15) is 6.61 Å². The Kier molecular flexibility index (Phi) is 35.2. The fraction of sp³-hybridized carbons (Fsp3) is 0.963. The molecule has 0 unspecified atom stereocenters. The summed E-state index contributed by atoms with van der Waals surface area (Å²) >= 11 is 0. The van der Waals surface area contributed by atoms with Crippen molar-refractivity contribution in [3.05, 3.63) is 0 Å². The first-order valence-electron chi connectivity index (χ1n) is 14.2. The summed E-state index contributed by atoms with van der Waals surface area (Å²) in [6, 6.07) is 0. The lowest BCUT2D eigenvalue weighted by Gasteiger charge is -2.09. The fourth-order valence-corrected chi connectivity index (χ4v) is 2.71. The van der Waals surface area contributed by atoms with Gasteiger partial charge in [0.2, 0.25) is 0 Å². The SMILES string of the molecule is CCCC(=O)OCCOCCOCCOCCOCCOCCOCCOCCOCCOCCOCCOC. The largest absolute Gasteiger partial charge is 0.463 e. The zero-order valence-corrected chi connectivity index (χ0v) is 24.8. The summed E-state index contributed by atoms with van der Waals surface area (Å²) in [5, 5.41) is 0. The van der Waals surface area contributed by atoms with Crippen LogP contribution in [0.15, 0.2) is 0 Å². The molecule has 0 aliphatic carbocycles. The van der Waals surface area contributed by atoms with Crippen molar-refractivity contribution >= 4 is 5.97 Å². The number of methoxy groups -OCH3 is 1. The van der Waals surface area contributed by atoms with E-state index < -0.39 is 0 Å². The number of hydrogen-bond donors (Lipinski definition) is 0. The van der Waals surface area contributed by atoms with Gasteiger partial charge in [-0.2, -0.15) is 0 Å². The summed E-state index contributed by atoms with van der Waals surface area (Å²) in [4.78, 5) is 11.2. The van der Waals surface area contributed by atoms with E-state index in [1.807, 2.05) is 6.92 Å². The first-order valence-corrected chi connectivity index (χ1v) is 14.2. The number of rotatable bonds is 35. The molecular weight excluding hydrogens is 532 g/mol. The molecule has 0 saturated carbocycles. The lowest BCUT2D eigenvalue weighted by molar-refractivity contribution is -0.145. The summed E-state index contributed by atoms with van der Waals surface area (Å²) in [7, 11) is 1.64. The second-order valence-electron chi connectivity index (χ2n) is 8.09. The topological polar surface area (TPSA) is 128 Å². The van der Waals surface area contributed by atoms with E-state index >= 15 is 0 Å². The summed E-state index contributed by atoms with van der Waals surface area (Å²) < 4.78 is 63.9.